The molecule has 7 heteroatoms. The number of amides is 1. The van der Waals surface area contributed by atoms with Crippen molar-refractivity contribution in [2.24, 2.45) is 0 Å². The lowest BCUT2D eigenvalue weighted by Crippen LogP contribution is -2.44. The van der Waals surface area contributed by atoms with Crippen molar-refractivity contribution in [1.29, 1.82) is 0 Å². The summed E-state index contributed by atoms with van der Waals surface area (Å²) < 4.78 is 10.9. The Balaban J connectivity index is 1.74. The maximum Gasteiger partial charge on any atom is 0.253 e. The lowest BCUT2D eigenvalue weighted by Gasteiger charge is -2.18. The van der Waals surface area contributed by atoms with Gasteiger partial charge in [-0.3, -0.25) is 9.59 Å². The third-order valence-corrected chi connectivity index (χ3v) is 3.94. The summed E-state index contributed by atoms with van der Waals surface area (Å²) in [7, 11) is 0. The van der Waals surface area contributed by atoms with E-state index in [1.165, 1.54) is 12.1 Å². The summed E-state index contributed by atoms with van der Waals surface area (Å²) >= 11 is 0. The van der Waals surface area contributed by atoms with E-state index in [4.69, 9.17) is 9.47 Å². The van der Waals surface area contributed by atoms with Crippen LogP contribution >= 0.6 is 0 Å². The van der Waals surface area contributed by atoms with Gasteiger partial charge < -0.3 is 24.9 Å². The van der Waals surface area contributed by atoms with Gasteiger partial charge in [-0.05, 0) is 12.5 Å². The SMILES string of the molecule is CCc1[nH]c(=O)ccc1C(=O)N[C@@H]1CO[C@H]2[C@@H]1OC[C@H]2O. The molecular formula is C14H18N2O5. The van der Waals surface area contributed by atoms with Crippen LogP contribution in [-0.4, -0.2) is 53.6 Å². The maximum absolute atomic E-state index is 12.4. The molecule has 2 saturated heterocycles. The first-order valence-corrected chi connectivity index (χ1v) is 7.04. The Kier molecular flexibility index (Phi) is 3.79. The molecule has 0 aromatic carbocycles. The number of nitrogens with one attached hydrogen (secondary N) is 2. The number of hydrogen-bond acceptors (Lipinski definition) is 5. The van der Waals surface area contributed by atoms with E-state index in [1.54, 1.807) is 0 Å². The number of carbonyl (C=O) groups excluding carboxylic acids is 1. The van der Waals surface area contributed by atoms with E-state index in [1.807, 2.05) is 6.92 Å². The number of aromatic nitrogens is 1. The summed E-state index contributed by atoms with van der Waals surface area (Å²) in [6.45, 7) is 2.40. The summed E-state index contributed by atoms with van der Waals surface area (Å²) in [5.74, 6) is -0.276. The van der Waals surface area contributed by atoms with E-state index in [2.05, 4.69) is 10.3 Å². The van der Waals surface area contributed by atoms with Gasteiger partial charge >= 0.3 is 0 Å². The Hall–Kier alpha value is -1.70. The first-order chi connectivity index (χ1) is 10.1. The molecule has 1 aromatic heterocycles. The van der Waals surface area contributed by atoms with Crippen molar-refractivity contribution in [2.75, 3.05) is 13.2 Å². The number of H-pyrrole nitrogens is 1. The van der Waals surface area contributed by atoms with E-state index < -0.39 is 6.10 Å². The zero-order valence-corrected chi connectivity index (χ0v) is 11.7. The minimum Gasteiger partial charge on any atom is -0.388 e. The number of ether oxygens (including phenoxy) is 2. The van der Waals surface area contributed by atoms with Crippen molar-refractivity contribution in [2.45, 2.75) is 37.7 Å². The molecule has 0 spiro atoms. The van der Waals surface area contributed by atoms with E-state index in [9.17, 15) is 14.7 Å². The number of aromatic amines is 1. The Morgan fingerprint density at radius 3 is 2.90 bits per heavy atom. The zero-order chi connectivity index (χ0) is 15.0. The van der Waals surface area contributed by atoms with Crippen molar-refractivity contribution in [3.63, 3.8) is 0 Å². The molecule has 0 radical (unpaired) electrons. The standard InChI is InChI=1S/C14H18N2O5/c1-2-8-7(3-4-11(18)15-8)14(19)16-9-5-20-13-10(17)6-21-12(9)13/h3-4,9-10,12-13,17H,2,5-6H2,1H3,(H,15,18)(H,16,19)/t9-,10-,12-,13-/m1/s1. The topological polar surface area (TPSA) is 101 Å². The molecule has 1 aromatic rings. The Morgan fingerprint density at radius 1 is 1.38 bits per heavy atom. The van der Waals surface area contributed by atoms with Crippen molar-refractivity contribution in [3.05, 3.63) is 33.7 Å². The smallest absolute Gasteiger partial charge is 0.253 e. The van der Waals surface area contributed by atoms with Crippen LogP contribution in [0.5, 0.6) is 0 Å². The first kappa shape index (κ1) is 14.2. The highest BCUT2D eigenvalue weighted by Crippen LogP contribution is 2.27. The molecule has 2 aliphatic rings. The highest BCUT2D eigenvalue weighted by Gasteiger charge is 2.47. The van der Waals surface area contributed by atoms with Crippen LogP contribution in [0.15, 0.2) is 16.9 Å². The molecule has 7 nitrogen and oxygen atoms in total. The van der Waals surface area contributed by atoms with Gasteiger partial charge in [-0.2, -0.15) is 0 Å². The molecule has 114 valence electrons. The Morgan fingerprint density at radius 2 is 2.14 bits per heavy atom. The van der Waals surface area contributed by atoms with Gasteiger partial charge in [-0.15, -0.1) is 0 Å². The van der Waals surface area contributed by atoms with Gasteiger partial charge in [0.25, 0.3) is 5.91 Å². The van der Waals surface area contributed by atoms with Gasteiger partial charge in [0, 0.05) is 11.8 Å². The van der Waals surface area contributed by atoms with E-state index >= 15 is 0 Å². The van der Waals surface area contributed by atoms with Crippen LogP contribution in [0.1, 0.15) is 23.0 Å². The second kappa shape index (κ2) is 5.59. The summed E-state index contributed by atoms with van der Waals surface area (Å²) in [5, 5.41) is 12.5. The van der Waals surface area contributed by atoms with Crippen LogP contribution in [0.2, 0.25) is 0 Å². The fraction of sp³-hybridized carbons (Fsp3) is 0.571. The van der Waals surface area contributed by atoms with Crippen molar-refractivity contribution in [3.8, 4) is 0 Å². The van der Waals surface area contributed by atoms with Crippen LogP contribution in [0, 0.1) is 0 Å². The lowest BCUT2D eigenvalue weighted by molar-refractivity contribution is 0.0178. The molecule has 0 aliphatic carbocycles. The predicted molar refractivity (Wildman–Crippen MR) is 73.2 cm³/mol. The molecule has 2 fully saturated rings. The third-order valence-electron chi connectivity index (χ3n) is 3.94. The molecule has 1 amide bonds. The second-order valence-corrected chi connectivity index (χ2v) is 5.31. The van der Waals surface area contributed by atoms with Gasteiger partial charge in [-0.1, -0.05) is 6.92 Å². The maximum atomic E-state index is 12.4. The minimum atomic E-state index is -0.642. The largest absolute Gasteiger partial charge is 0.388 e. The Bertz CT molecular complexity index is 599. The fourth-order valence-electron chi connectivity index (χ4n) is 2.86. The summed E-state index contributed by atoms with van der Waals surface area (Å²) in [4.78, 5) is 26.3. The quantitative estimate of drug-likeness (QED) is 0.677. The number of aliphatic hydroxyl groups excluding tert-OH is 1. The summed E-state index contributed by atoms with van der Waals surface area (Å²) in [6.07, 6.45) is -0.786. The third kappa shape index (κ3) is 2.59. The van der Waals surface area contributed by atoms with Gasteiger partial charge in [-0.25, -0.2) is 0 Å². The van der Waals surface area contributed by atoms with Crippen molar-refractivity contribution >= 4 is 5.91 Å². The van der Waals surface area contributed by atoms with Crippen LogP contribution < -0.4 is 10.9 Å². The zero-order valence-electron chi connectivity index (χ0n) is 11.7. The minimum absolute atomic E-state index is 0.223. The molecule has 3 rings (SSSR count). The lowest BCUT2D eigenvalue weighted by atomic mass is 10.1. The van der Waals surface area contributed by atoms with Gasteiger partial charge in [0.2, 0.25) is 5.56 Å². The molecule has 0 saturated carbocycles. The molecule has 3 heterocycles. The number of aryl methyl sites for hydroxylation is 1. The molecule has 2 aliphatic heterocycles. The average molecular weight is 294 g/mol. The van der Waals surface area contributed by atoms with Crippen molar-refractivity contribution < 1.29 is 19.4 Å². The number of aliphatic hydroxyl groups is 1. The number of rotatable bonds is 3. The van der Waals surface area contributed by atoms with E-state index in [0.29, 0.717) is 24.3 Å². The second-order valence-electron chi connectivity index (χ2n) is 5.31. The highest BCUT2D eigenvalue weighted by molar-refractivity contribution is 5.95. The monoisotopic (exact) mass is 294 g/mol. The Labute approximate surface area is 121 Å². The molecule has 4 atom stereocenters. The molecule has 21 heavy (non-hydrogen) atoms. The predicted octanol–water partition coefficient (Wildman–Crippen LogP) is -0.806. The molecule has 0 bridgehead atoms. The van der Waals surface area contributed by atoms with Crippen LogP contribution in [0.4, 0.5) is 0 Å². The van der Waals surface area contributed by atoms with E-state index in [0.717, 1.165) is 0 Å². The first-order valence-electron chi connectivity index (χ1n) is 7.04. The van der Waals surface area contributed by atoms with Crippen LogP contribution in [0.25, 0.3) is 0 Å². The average Bonchev–Trinajstić information content (AvgIpc) is 3.03. The highest BCUT2D eigenvalue weighted by atomic mass is 16.6. The molecule has 3 N–H and O–H groups in total. The summed E-state index contributed by atoms with van der Waals surface area (Å²) in [6, 6.07) is 2.55. The normalized spacial score (nSPS) is 31.1. The fourth-order valence-corrected chi connectivity index (χ4v) is 2.86. The van der Waals surface area contributed by atoms with Gasteiger partial charge in [0.05, 0.1) is 24.8 Å². The van der Waals surface area contributed by atoms with Crippen LogP contribution in [-0.2, 0) is 15.9 Å². The number of hydrogen-bond donors (Lipinski definition) is 3. The number of carbonyl (C=O) groups is 1. The van der Waals surface area contributed by atoms with E-state index in [-0.39, 0.29) is 36.3 Å². The number of fused-ring (bicyclic) bond motifs is 1. The van der Waals surface area contributed by atoms with Crippen LogP contribution in [0.3, 0.4) is 0 Å². The van der Waals surface area contributed by atoms with Gasteiger partial charge in [0.1, 0.15) is 18.3 Å². The van der Waals surface area contributed by atoms with Gasteiger partial charge in [0.15, 0.2) is 0 Å². The summed E-state index contributed by atoms with van der Waals surface area (Å²) in [5.41, 5.74) is 0.817. The number of pyridine rings is 1. The molecule has 0 unspecified atom stereocenters. The van der Waals surface area contributed by atoms with Crippen molar-refractivity contribution in [1.82, 2.24) is 10.3 Å². The molecular weight excluding hydrogens is 276 g/mol.